The maximum Gasteiger partial charge on any atom is 0.322 e. The summed E-state index contributed by atoms with van der Waals surface area (Å²) < 4.78 is 12.1. The number of urea groups is 1. The average Bonchev–Trinajstić information content (AvgIpc) is 3.62. The summed E-state index contributed by atoms with van der Waals surface area (Å²) in [5, 5.41) is 8.52. The topological polar surface area (TPSA) is 80.5 Å². The summed E-state index contributed by atoms with van der Waals surface area (Å²) in [6.45, 7) is 2.83. The smallest absolute Gasteiger partial charge is 0.322 e. The first-order chi connectivity index (χ1) is 20.0. The van der Waals surface area contributed by atoms with Crippen LogP contribution in [0.5, 0.6) is 0 Å². The van der Waals surface area contributed by atoms with E-state index in [0.29, 0.717) is 40.4 Å². The minimum atomic E-state index is -0.117. The summed E-state index contributed by atoms with van der Waals surface area (Å²) in [4.78, 5) is 20.0. The van der Waals surface area contributed by atoms with Crippen LogP contribution in [0.4, 0.5) is 10.5 Å². The predicted molar refractivity (Wildman–Crippen MR) is 161 cm³/mol. The summed E-state index contributed by atoms with van der Waals surface area (Å²) in [6.07, 6.45) is 6.59. The van der Waals surface area contributed by atoms with Gasteiger partial charge in [-0.25, -0.2) is 4.79 Å². The molecule has 2 aromatic carbocycles. The number of likely N-dealkylation sites (tertiary alicyclic amines) is 1. The fourth-order valence-electron chi connectivity index (χ4n) is 5.68. The van der Waals surface area contributed by atoms with E-state index in [1.54, 1.807) is 18.3 Å². The Bertz CT molecular complexity index is 1500. The van der Waals surface area contributed by atoms with Crippen molar-refractivity contribution in [2.45, 2.75) is 63.6 Å². The van der Waals surface area contributed by atoms with E-state index in [-0.39, 0.29) is 18.1 Å². The Labute approximate surface area is 249 Å². The lowest BCUT2D eigenvalue weighted by molar-refractivity contribution is 0.0695. The molecule has 7 nitrogen and oxygen atoms in total. The molecule has 0 radical (unpaired) electrons. The van der Waals surface area contributed by atoms with Crippen LogP contribution in [0.2, 0.25) is 10.0 Å². The van der Waals surface area contributed by atoms with Crippen LogP contribution in [0.15, 0.2) is 71.4 Å². The van der Waals surface area contributed by atoms with Gasteiger partial charge in [0.15, 0.2) is 0 Å². The van der Waals surface area contributed by atoms with Crippen LogP contribution in [0, 0.1) is 0 Å². The van der Waals surface area contributed by atoms with Crippen LogP contribution in [-0.4, -0.2) is 39.8 Å². The molecule has 3 heterocycles. The number of pyridine rings is 1. The summed E-state index contributed by atoms with van der Waals surface area (Å²) >= 11 is 13.0. The number of nitrogens with zero attached hydrogens (tertiary/aromatic N) is 3. The van der Waals surface area contributed by atoms with Gasteiger partial charge in [-0.05, 0) is 68.5 Å². The largest absolute Gasteiger partial charge is 0.374 e. The highest BCUT2D eigenvalue weighted by molar-refractivity contribution is 6.39. The fraction of sp³-hybridized carbons (Fsp3) is 0.344. The van der Waals surface area contributed by atoms with Crippen molar-refractivity contribution in [1.82, 2.24) is 15.0 Å². The molecule has 1 aliphatic heterocycles. The second-order valence-electron chi connectivity index (χ2n) is 10.7. The number of ether oxygens (including phenoxy) is 1. The number of anilines is 1. The third-order valence-electron chi connectivity index (χ3n) is 7.92. The Morgan fingerprint density at radius 1 is 1.02 bits per heavy atom. The zero-order valence-electron chi connectivity index (χ0n) is 22.9. The lowest BCUT2D eigenvalue weighted by atomic mass is 10.0. The zero-order valence-corrected chi connectivity index (χ0v) is 24.4. The van der Waals surface area contributed by atoms with Crippen molar-refractivity contribution in [2.24, 2.45) is 0 Å². The Hall–Kier alpha value is -3.39. The number of nitrogens with one attached hydrogen (secondary N) is 1. The molecule has 2 aromatic heterocycles. The number of hydrogen-bond acceptors (Lipinski definition) is 5. The van der Waals surface area contributed by atoms with Crippen LogP contribution in [0.1, 0.15) is 56.3 Å². The van der Waals surface area contributed by atoms with Crippen LogP contribution in [0.3, 0.4) is 0 Å². The minimum absolute atomic E-state index is 0.0458. The van der Waals surface area contributed by atoms with Crippen LogP contribution >= 0.6 is 23.2 Å². The van der Waals surface area contributed by atoms with Gasteiger partial charge in [-0.2, -0.15) is 0 Å². The van der Waals surface area contributed by atoms with Gasteiger partial charge in [-0.1, -0.05) is 59.5 Å². The van der Waals surface area contributed by atoms with Crippen LogP contribution < -0.4 is 5.32 Å². The van der Waals surface area contributed by atoms with Crippen molar-refractivity contribution in [3.63, 3.8) is 0 Å². The first-order valence-corrected chi connectivity index (χ1v) is 14.9. The summed E-state index contributed by atoms with van der Waals surface area (Å²) in [5.41, 5.74) is 4.72. The molecule has 2 amide bonds. The second kappa shape index (κ2) is 12.2. The van der Waals surface area contributed by atoms with E-state index >= 15 is 0 Å². The number of hydrogen-bond donors (Lipinski definition) is 1. The number of amides is 2. The number of carbonyl (C=O) groups excluding carboxylic acids is 1. The molecule has 9 heteroatoms. The quantitative estimate of drug-likeness (QED) is 0.211. The van der Waals surface area contributed by atoms with Crippen LogP contribution in [0.25, 0.3) is 22.5 Å². The Balaban J connectivity index is 1.16. The maximum atomic E-state index is 13.6. The van der Waals surface area contributed by atoms with Crippen molar-refractivity contribution in [3.8, 4) is 22.5 Å². The van der Waals surface area contributed by atoms with Gasteiger partial charge in [0.1, 0.15) is 11.5 Å². The molecule has 2 aliphatic rings. The van der Waals surface area contributed by atoms with Crippen molar-refractivity contribution >= 4 is 34.9 Å². The molecule has 0 bridgehead atoms. The molecule has 2 unspecified atom stereocenters. The minimum Gasteiger partial charge on any atom is -0.374 e. The molecule has 1 aliphatic carbocycles. The second-order valence-corrected chi connectivity index (χ2v) is 11.5. The van der Waals surface area contributed by atoms with Crippen molar-refractivity contribution in [2.75, 3.05) is 11.9 Å². The summed E-state index contributed by atoms with van der Waals surface area (Å²) in [6, 6.07) is 19.0. The van der Waals surface area contributed by atoms with E-state index in [0.717, 1.165) is 60.4 Å². The lowest BCUT2D eigenvalue weighted by Gasteiger charge is -2.30. The molecule has 41 heavy (non-hydrogen) atoms. The van der Waals surface area contributed by atoms with E-state index in [1.165, 1.54) is 0 Å². The van der Waals surface area contributed by atoms with E-state index in [1.807, 2.05) is 53.4 Å². The Kier molecular flexibility index (Phi) is 8.28. The molecule has 4 aromatic rings. The van der Waals surface area contributed by atoms with Gasteiger partial charge < -0.3 is 19.5 Å². The molecule has 212 valence electrons. The number of halogens is 2. The van der Waals surface area contributed by atoms with E-state index in [2.05, 4.69) is 22.4 Å². The standard InChI is InChI=1S/C32H32Cl2N4O3/c1-2-23-14-15-24(38(23)32(39)36-22-8-5-7-21(17-22)28-11-3-4-16-35-28)18-40-19-25-30(37-41-31(25)20-12-13-20)29-26(33)9-6-10-27(29)34/h3-11,16-17,20,23-24H,2,12-15,18-19H2,1H3,(H,36,39). The predicted octanol–water partition coefficient (Wildman–Crippen LogP) is 8.58. The normalized spacial score (nSPS) is 18.6. The van der Waals surface area contributed by atoms with Gasteiger partial charge in [0.25, 0.3) is 0 Å². The van der Waals surface area contributed by atoms with E-state index in [9.17, 15) is 4.79 Å². The van der Waals surface area contributed by atoms with Gasteiger partial charge >= 0.3 is 6.03 Å². The first-order valence-electron chi connectivity index (χ1n) is 14.1. The third-order valence-corrected chi connectivity index (χ3v) is 8.55. The monoisotopic (exact) mass is 590 g/mol. The van der Waals surface area contributed by atoms with E-state index in [4.69, 9.17) is 32.5 Å². The van der Waals surface area contributed by atoms with Crippen LogP contribution in [-0.2, 0) is 11.3 Å². The third kappa shape index (κ3) is 5.98. The van der Waals surface area contributed by atoms with Gasteiger partial charge in [0.2, 0.25) is 0 Å². The Morgan fingerprint density at radius 3 is 2.54 bits per heavy atom. The zero-order chi connectivity index (χ0) is 28.3. The molecular weight excluding hydrogens is 559 g/mol. The highest BCUT2D eigenvalue weighted by Crippen LogP contribution is 2.46. The van der Waals surface area contributed by atoms with Gasteiger partial charge in [0, 0.05) is 40.5 Å². The molecule has 1 saturated carbocycles. The molecular formula is C32H32Cl2N4O3. The van der Waals surface area contributed by atoms with Crippen molar-refractivity contribution < 1.29 is 14.1 Å². The summed E-state index contributed by atoms with van der Waals surface area (Å²) in [7, 11) is 0. The molecule has 6 rings (SSSR count). The molecule has 0 spiro atoms. The molecule has 1 saturated heterocycles. The van der Waals surface area contributed by atoms with Crippen molar-refractivity contribution in [1.29, 1.82) is 0 Å². The summed E-state index contributed by atoms with van der Waals surface area (Å²) in [5.74, 6) is 1.19. The van der Waals surface area contributed by atoms with E-state index < -0.39 is 0 Å². The molecule has 2 fully saturated rings. The molecule has 1 N–H and O–H groups in total. The number of carbonyl (C=O) groups is 1. The number of rotatable bonds is 9. The number of benzene rings is 2. The van der Waals surface area contributed by atoms with Gasteiger partial charge in [-0.15, -0.1) is 0 Å². The SMILES string of the molecule is CCC1CCC(COCc2c(-c3c(Cl)cccc3Cl)noc2C2CC2)N1C(=O)Nc1cccc(-c2ccccn2)c1. The average molecular weight is 592 g/mol. The maximum absolute atomic E-state index is 13.6. The van der Waals surface area contributed by atoms with Crippen molar-refractivity contribution in [3.05, 3.63) is 88.2 Å². The highest BCUT2D eigenvalue weighted by atomic mass is 35.5. The fourth-order valence-corrected chi connectivity index (χ4v) is 6.26. The lowest BCUT2D eigenvalue weighted by Crippen LogP contribution is -2.45. The first kappa shape index (κ1) is 27.8. The highest BCUT2D eigenvalue weighted by Gasteiger charge is 2.37. The molecule has 2 atom stereocenters. The van der Waals surface area contributed by atoms with Gasteiger partial charge in [-0.3, -0.25) is 4.98 Å². The Morgan fingerprint density at radius 2 is 1.80 bits per heavy atom. The number of aromatic nitrogens is 2. The van der Waals surface area contributed by atoms with Gasteiger partial charge in [0.05, 0.1) is 35.0 Å².